The van der Waals surface area contributed by atoms with Gasteiger partial charge in [-0.15, -0.1) is 0 Å². The highest BCUT2D eigenvalue weighted by molar-refractivity contribution is 5.39. The lowest BCUT2D eigenvalue weighted by Gasteiger charge is -2.17. The largest absolute Gasteiger partial charge is 0.383 e. The molecule has 9 nitrogen and oxygen atoms in total. The van der Waals surface area contributed by atoms with Crippen LogP contribution in [0.15, 0.2) is 41.3 Å². The number of hydrogen-bond donors (Lipinski definition) is 1. The van der Waals surface area contributed by atoms with E-state index in [2.05, 4.69) is 4.98 Å². The van der Waals surface area contributed by atoms with Crippen molar-refractivity contribution in [3.05, 3.63) is 62.7 Å². The summed E-state index contributed by atoms with van der Waals surface area (Å²) in [5.41, 5.74) is 5.56. The number of nitro groups is 1. The standard InChI is InChI=1S/C17H20N4O5/c1-2-13-14(25-10-11-5-3-4-6-12(11)21(23)24)9-16(26-13)20-8-7-15(18)19-17(20)22/h3-8,13-14,16H,2,9-10H2,1H3,(H2,18,19,22). The number of nitrogens with zero attached hydrogens (tertiary/aromatic N) is 3. The zero-order chi connectivity index (χ0) is 18.7. The Hall–Kier alpha value is -2.78. The Balaban J connectivity index is 1.72. The second kappa shape index (κ2) is 7.63. The maximum Gasteiger partial charge on any atom is 0.351 e. The molecule has 3 rings (SSSR count). The van der Waals surface area contributed by atoms with Gasteiger partial charge in [-0.2, -0.15) is 4.98 Å². The third-order valence-electron chi connectivity index (χ3n) is 4.39. The molecule has 1 saturated heterocycles. The summed E-state index contributed by atoms with van der Waals surface area (Å²) in [6, 6.07) is 8.00. The van der Waals surface area contributed by atoms with E-state index in [1.807, 2.05) is 6.92 Å². The molecule has 2 heterocycles. The van der Waals surface area contributed by atoms with E-state index in [0.717, 1.165) is 0 Å². The topological polar surface area (TPSA) is 123 Å². The summed E-state index contributed by atoms with van der Waals surface area (Å²) < 4.78 is 13.2. The maximum absolute atomic E-state index is 12.0. The maximum atomic E-state index is 12.0. The molecule has 0 amide bonds. The van der Waals surface area contributed by atoms with Crippen LogP contribution in [0.3, 0.4) is 0 Å². The Morgan fingerprint density at radius 3 is 2.88 bits per heavy atom. The lowest BCUT2D eigenvalue weighted by atomic mass is 10.1. The fourth-order valence-corrected chi connectivity index (χ4v) is 3.06. The summed E-state index contributed by atoms with van der Waals surface area (Å²) >= 11 is 0. The SMILES string of the molecule is CCC1OC(n2ccc(N)nc2=O)CC1OCc1ccccc1[N+](=O)[O-]. The van der Waals surface area contributed by atoms with Gasteiger partial charge in [0.2, 0.25) is 0 Å². The Morgan fingerprint density at radius 1 is 1.42 bits per heavy atom. The first kappa shape index (κ1) is 18.0. The van der Waals surface area contributed by atoms with Crippen molar-refractivity contribution in [2.75, 3.05) is 5.73 Å². The van der Waals surface area contributed by atoms with Gasteiger partial charge < -0.3 is 15.2 Å². The number of nitrogens with two attached hydrogens (primary N) is 1. The van der Waals surface area contributed by atoms with Gasteiger partial charge in [0, 0.05) is 18.7 Å². The first-order valence-electron chi connectivity index (χ1n) is 8.33. The number of ether oxygens (including phenoxy) is 2. The van der Waals surface area contributed by atoms with Crippen molar-refractivity contribution in [1.29, 1.82) is 0 Å². The molecule has 9 heteroatoms. The highest BCUT2D eigenvalue weighted by atomic mass is 16.6. The second-order valence-electron chi connectivity index (χ2n) is 6.05. The van der Waals surface area contributed by atoms with Crippen LogP contribution < -0.4 is 11.4 Å². The summed E-state index contributed by atoms with van der Waals surface area (Å²) in [4.78, 5) is 26.4. The van der Waals surface area contributed by atoms with Crippen molar-refractivity contribution in [3.8, 4) is 0 Å². The number of hydrogen-bond acceptors (Lipinski definition) is 7. The van der Waals surface area contributed by atoms with Gasteiger partial charge in [0.25, 0.3) is 5.69 Å². The van der Waals surface area contributed by atoms with E-state index in [9.17, 15) is 14.9 Å². The van der Waals surface area contributed by atoms with Gasteiger partial charge in [-0.3, -0.25) is 14.7 Å². The fraction of sp³-hybridized carbons (Fsp3) is 0.412. The molecule has 0 aliphatic carbocycles. The molecule has 3 atom stereocenters. The fourth-order valence-electron chi connectivity index (χ4n) is 3.06. The van der Waals surface area contributed by atoms with E-state index < -0.39 is 16.8 Å². The van der Waals surface area contributed by atoms with Crippen LogP contribution in [0, 0.1) is 10.1 Å². The molecule has 2 N–H and O–H groups in total. The molecule has 1 aliphatic heterocycles. The molecule has 0 radical (unpaired) electrons. The van der Waals surface area contributed by atoms with Gasteiger partial charge in [0.1, 0.15) is 12.0 Å². The van der Waals surface area contributed by atoms with Crippen LogP contribution in [0.4, 0.5) is 11.5 Å². The molecule has 3 unspecified atom stereocenters. The van der Waals surface area contributed by atoms with Crippen LogP contribution in [0.25, 0.3) is 0 Å². The number of para-hydroxylation sites is 1. The number of rotatable bonds is 6. The van der Waals surface area contributed by atoms with E-state index in [-0.39, 0.29) is 30.3 Å². The predicted octanol–water partition coefficient (Wildman–Crippen LogP) is 2.02. The second-order valence-corrected chi connectivity index (χ2v) is 6.05. The minimum atomic E-state index is -0.503. The number of aromatic nitrogens is 2. The molecule has 0 spiro atoms. The average Bonchev–Trinajstić information content (AvgIpc) is 3.03. The van der Waals surface area contributed by atoms with Crippen LogP contribution in [0.2, 0.25) is 0 Å². The van der Waals surface area contributed by atoms with E-state index in [4.69, 9.17) is 15.2 Å². The first-order valence-corrected chi connectivity index (χ1v) is 8.33. The van der Waals surface area contributed by atoms with Crippen molar-refractivity contribution in [1.82, 2.24) is 9.55 Å². The Bertz CT molecular complexity index is 853. The zero-order valence-electron chi connectivity index (χ0n) is 14.3. The Kier molecular flexibility index (Phi) is 5.29. The third kappa shape index (κ3) is 3.73. The highest BCUT2D eigenvalue weighted by Gasteiger charge is 2.36. The summed E-state index contributed by atoms with van der Waals surface area (Å²) in [5, 5.41) is 11.1. The molecule has 1 aromatic heterocycles. The number of nitrogen functional groups attached to an aromatic ring is 1. The quantitative estimate of drug-likeness (QED) is 0.617. The van der Waals surface area contributed by atoms with E-state index in [0.29, 0.717) is 18.4 Å². The first-order chi connectivity index (χ1) is 12.5. The van der Waals surface area contributed by atoms with Crippen molar-refractivity contribution in [2.24, 2.45) is 0 Å². The summed E-state index contributed by atoms with van der Waals surface area (Å²) in [6.07, 6.45) is 1.68. The predicted molar refractivity (Wildman–Crippen MR) is 93.4 cm³/mol. The molecule has 26 heavy (non-hydrogen) atoms. The van der Waals surface area contributed by atoms with Crippen molar-refractivity contribution < 1.29 is 14.4 Å². The van der Waals surface area contributed by atoms with Gasteiger partial charge >= 0.3 is 5.69 Å². The summed E-state index contributed by atoms with van der Waals surface area (Å²) in [6.45, 7) is 2.06. The molecule has 2 aromatic rings. The molecule has 0 saturated carbocycles. The Morgan fingerprint density at radius 2 is 2.19 bits per heavy atom. The molecule has 1 fully saturated rings. The molecule has 1 aromatic carbocycles. The minimum Gasteiger partial charge on any atom is -0.383 e. The minimum absolute atomic E-state index is 0.0231. The molecular formula is C17H20N4O5. The van der Waals surface area contributed by atoms with Crippen molar-refractivity contribution >= 4 is 11.5 Å². The highest BCUT2D eigenvalue weighted by Crippen LogP contribution is 2.32. The smallest absolute Gasteiger partial charge is 0.351 e. The van der Waals surface area contributed by atoms with Crippen LogP contribution in [-0.2, 0) is 16.1 Å². The molecular weight excluding hydrogens is 340 g/mol. The van der Waals surface area contributed by atoms with E-state index >= 15 is 0 Å². The monoisotopic (exact) mass is 360 g/mol. The van der Waals surface area contributed by atoms with E-state index in [1.54, 1.807) is 24.4 Å². The summed E-state index contributed by atoms with van der Waals surface area (Å²) in [7, 11) is 0. The Labute approximate surface area is 149 Å². The van der Waals surface area contributed by atoms with Crippen LogP contribution in [0.1, 0.15) is 31.6 Å². The van der Waals surface area contributed by atoms with Crippen molar-refractivity contribution in [2.45, 2.75) is 44.8 Å². The lowest BCUT2D eigenvalue weighted by molar-refractivity contribution is -0.386. The lowest BCUT2D eigenvalue weighted by Crippen LogP contribution is -2.27. The molecule has 1 aliphatic rings. The van der Waals surface area contributed by atoms with Gasteiger partial charge in [0.15, 0.2) is 0 Å². The third-order valence-corrected chi connectivity index (χ3v) is 4.39. The molecule has 138 valence electrons. The molecule has 0 bridgehead atoms. The van der Waals surface area contributed by atoms with Crippen LogP contribution >= 0.6 is 0 Å². The van der Waals surface area contributed by atoms with Gasteiger partial charge in [0.05, 0.1) is 29.3 Å². The zero-order valence-corrected chi connectivity index (χ0v) is 14.3. The number of nitro benzene ring substituents is 1. The van der Waals surface area contributed by atoms with Crippen LogP contribution in [-0.4, -0.2) is 26.7 Å². The van der Waals surface area contributed by atoms with Crippen molar-refractivity contribution in [3.63, 3.8) is 0 Å². The van der Waals surface area contributed by atoms with Crippen LogP contribution in [0.5, 0.6) is 0 Å². The van der Waals surface area contributed by atoms with Gasteiger partial charge in [-0.05, 0) is 18.6 Å². The number of anilines is 1. The van der Waals surface area contributed by atoms with E-state index in [1.165, 1.54) is 16.7 Å². The normalized spacial score (nSPS) is 22.4. The summed E-state index contributed by atoms with van der Waals surface area (Å²) in [5.74, 6) is 0.153. The average molecular weight is 360 g/mol. The number of benzene rings is 1. The van der Waals surface area contributed by atoms with Gasteiger partial charge in [-0.1, -0.05) is 19.1 Å². The van der Waals surface area contributed by atoms with Gasteiger partial charge in [-0.25, -0.2) is 4.79 Å².